The third-order valence-corrected chi connectivity index (χ3v) is 2.46. The second-order valence-corrected chi connectivity index (χ2v) is 3.28. The van der Waals surface area contributed by atoms with Gasteiger partial charge in [0.15, 0.2) is 0 Å². The van der Waals surface area contributed by atoms with Crippen LogP contribution in [0.1, 0.15) is 27.9 Å². The van der Waals surface area contributed by atoms with E-state index in [-0.39, 0.29) is 0 Å². The lowest BCUT2D eigenvalue weighted by Crippen LogP contribution is -1.95. The zero-order chi connectivity index (χ0) is 9.26. The minimum atomic E-state index is -0.435. The maximum Gasteiger partial charge on any atom is 0.262 e. The van der Waals surface area contributed by atoms with Gasteiger partial charge >= 0.3 is 0 Å². The number of rotatable bonds is 1. The van der Waals surface area contributed by atoms with Crippen molar-refractivity contribution in [1.29, 1.82) is 5.26 Å². The van der Waals surface area contributed by atoms with Gasteiger partial charge in [0.1, 0.15) is 6.07 Å². The number of carbonyl (C=O) groups excluding carboxylic acids is 1. The summed E-state index contributed by atoms with van der Waals surface area (Å²) in [5, 5.41) is 8.44. The molecule has 0 aromatic heterocycles. The Morgan fingerprint density at radius 2 is 2.08 bits per heavy atom. The molecule has 2 nitrogen and oxygen atoms in total. The molecule has 1 aromatic rings. The van der Waals surface area contributed by atoms with Gasteiger partial charge in [0.05, 0.1) is 0 Å². The largest absolute Gasteiger partial charge is 0.277 e. The van der Waals surface area contributed by atoms with Crippen molar-refractivity contribution >= 4 is 5.78 Å². The summed E-state index contributed by atoms with van der Waals surface area (Å²) in [5.74, 6) is -0.435. The van der Waals surface area contributed by atoms with Crippen LogP contribution in [0.4, 0.5) is 0 Å². The summed E-state index contributed by atoms with van der Waals surface area (Å²) in [6.07, 6.45) is 3.32. The van der Waals surface area contributed by atoms with Crippen LogP contribution in [-0.4, -0.2) is 5.78 Å². The van der Waals surface area contributed by atoms with Gasteiger partial charge in [-0.25, -0.2) is 0 Å². The molecule has 0 radical (unpaired) electrons. The summed E-state index contributed by atoms with van der Waals surface area (Å²) in [6, 6.07) is 7.20. The van der Waals surface area contributed by atoms with Crippen LogP contribution in [0.5, 0.6) is 0 Å². The van der Waals surface area contributed by atoms with E-state index >= 15 is 0 Å². The molecule has 0 N–H and O–H groups in total. The van der Waals surface area contributed by atoms with Crippen molar-refractivity contribution in [3.8, 4) is 6.07 Å². The number of carbonyl (C=O) groups is 1. The lowest BCUT2D eigenvalue weighted by Gasteiger charge is -1.99. The minimum absolute atomic E-state index is 0.435. The summed E-state index contributed by atoms with van der Waals surface area (Å²) >= 11 is 0. The molecule has 0 unspecified atom stereocenters. The van der Waals surface area contributed by atoms with Crippen LogP contribution in [-0.2, 0) is 12.8 Å². The number of nitriles is 1. The van der Waals surface area contributed by atoms with Crippen molar-refractivity contribution in [1.82, 2.24) is 0 Å². The van der Waals surface area contributed by atoms with Gasteiger partial charge in [-0.3, -0.25) is 4.79 Å². The highest BCUT2D eigenvalue weighted by atomic mass is 16.1. The number of fused-ring (bicyclic) bond motifs is 1. The normalized spacial score (nSPS) is 13.5. The molecule has 0 atom stereocenters. The molecule has 0 bridgehead atoms. The van der Waals surface area contributed by atoms with Crippen molar-refractivity contribution in [3.63, 3.8) is 0 Å². The average molecular weight is 171 g/mol. The predicted octanol–water partition coefficient (Wildman–Crippen LogP) is 1.88. The highest BCUT2D eigenvalue weighted by Gasteiger charge is 2.13. The SMILES string of the molecule is N#CC(=O)c1ccc2c(c1)CCC2. The van der Waals surface area contributed by atoms with Crippen LogP contribution in [0.25, 0.3) is 0 Å². The Labute approximate surface area is 76.8 Å². The van der Waals surface area contributed by atoms with Crippen LogP contribution >= 0.6 is 0 Å². The predicted molar refractivity (Wildman–Crippen MR) is 48.4 cm³/mol. The van der Waals surface area contributed by atoms with Crippen LogP contribution in [0.15, 0.2) is 18.2 Å². The van der Waals surface area contributed by atoms with Gasteiger partial charge in [-0.2, -0.15) is 5.26 Å². The average Bonchev–Trinajstić information content (AvgIpc) is 2.63. The molecule has 0 saturated heterocycles. The zero-order valence-electron chi connectivity index (χ0n) is 7.21. The van der Waals surface area contributed by atoms with E-state index in [1.54, 1.807) is 12.1 Å². The summed E-state index contributed by atoms with van der Waals surface area (Å²) in [6.45, 7) is 0. The fourth-order valence-electron chi connectivity index (χ4n) is 1.78. The van der Waals surface area contributed by atoms with Gasteiger partial charge in [-0.05, 0) is 42.5 Å². The number of Topliss-reactive ketones (excluding diaryl/α,β-unsaturated/α-hetero) is 1. The third-order valence-electron chi connectivity index (χ3n) is 2.46. The van der Waals surface area contributed by atoms with Gasteiger partial charge in [0, 0.05) is 5.56 Å². The maximum absolute atomic E-state index is 11.1. The van der Waals surface area contributed by atoms with E-state index in [1.165, 1.54) is 17.5 Å². The minimum Gasteiger partial charge on any atom is -0.277 e. The maximum atomic E-state index is 11.1. The molecule has 0 heterocycles. The van der Waals surface area contributed by atoms with E-state index in [9.17, 15) is 4.79 Å². The molecule has 13 heavy (non-hydrogen) atoms. The van der Waals surface area contributed by atoms with Gasteiger partial charge in [-0.1, -0.05) is 6.07 Å². The Bertz CT molecular complexity index is 401. The molecule has 1 aromatic carbocycles. The van der Waals surface area contributed by atoms with Crippen molar-refractivity contribution in [2.75, 3.05) is 0 Å². The molecule has 0 amide bonds. The quantitative estimate of drug-likeness (QED) is 0.478. The summed E-state index contributed by atoms with van der Waals surface area (Å²) in [5.41, 5.74) is 3.10. The van der Waals surface area contributed by atoms with Crippen molar-refractivity contribution in [2.45, 2.75) is 19.3 Å². The number of hydrogen-bond acceptors (Lipinski definition) is 2. The second kappa shape index (κ2) is 3.02. The van der Waals surface area contributed by atoms with Gasteiger partial charge in [-0.15, -0.1) is 0 Å². The Morgan fingerprint density at radius 1 is 1.31 bits per heavy atom. The van der Waals surface area contributed by atoms with E-state index in [1.807, 2.05) is 12.1 Å². The smallest absolute Gasteiger partial charge is 0.262 e. The molecule has 1 aliphatic rings. The summed E-state index contributed by atoms with van der Waals surface area (Å²) in [4.78, 5) is 11.1. The highest BCUT2D eigenvalue weighted by molar-refractivity contribution is 6.07. The van der Waals surface area contributed by atoms with Gasteiger partial charge < -0.3 is 0 Å². The monoisotopic (exact) mass is 171 g/mol. The lowest BCUT2D eigenvalue weighted by atomic mass is 10.0. The van der Waals surface area contributed by atoms with Crippen LogP contribution in [0.2, 0.25) is 0 Å². The second-order valence-electron chi connectivity index (χ2n) is 3.28. The Kier molecular flexibility index (Phi) is 1.86. The molecule has 0 aliphatic heterocycles. The van der Waals surface area contributed by atoms with E-state index < -0.39 is 5.78 Å². The number of benzene rings is 1. The van der Waals surface area contributed by atoms with Crippen LogP contribution in [0, 0.1) is 11.3 Å². The molecule has 0 spiro atoms. The Morgan fingerprint density at radius 3 is 2.85 bits per heavy atom. The number of nitrogens with zero attached hydrogens (tertiary/aromatic N) is 1. The number of hydrogen-bond donors (Lipinski definition) is 0. The third kappa shape index (κ3) is 1.33. The van der Waals surface area contributed by atoms with Crippen LogP contribution in [0.3, 0.4) is 0 Å². The molecule has 1 aliphatic carbocycles. The molecule has 2 rings (SSSR count). The first kappa shape index (κ1) is 8.00. The van der Waals surface area contributed by atoms with E-state index in [0.717, 1.165) is 12.8 Å². The fourth-order valence-corrected chi connectivity index (χ4v) is 1.78. The summed E-state index contributed by atoms with van der Waals surface area (Å²) < 4.78 is 0. The van der Waals surface area contributed by atoms with Crippen molar-refractivity contribution in [3.05, 3.63) is 34.9 Å². The summed E-state index contributed by atoms with van der Waals surface area (Å²) in [7, 11) is 0. The molecule has 64 valence electrons. The fraction of sp³-hybridized carbons (Fsp3) is 0.273. The molecular weight excluding hydrogens is 162 g/mol. The topological polar surface area (TPSA) is 40.9 Å². The van der Waals surface area contributed by atoms with E-state index in [2.05, 4.69) is 0 Å². The molecule has 0 saturated carbocycles. The first-order valence-corrected chi connectivity index (χ1v) is 4.37. The Balaban J connectivity index is 2.43. The van der Waals surface area contributed by atoms with Crippen LogP contribution < -0.4 is 0 Å². The first-order valence-electron chi connectivity index (χ1n) is 4.37. The number of ketones is 1. The highest BCUT2D eigenvalue weighted by Crippen LogP contribution is 2.22. The zero-order valence-corrected chi connectivity index (χ0v) is 7.21. The standard InChI is InChI=1S/C11H9NO/c12-7-11(13)10-5-4-8-2-1-3-9(8)6-10/h4-6H,1-3H2. The van der Waals surface area contributed by atoms with Crippen molar-refractivity contribution in [2.24, 2.45) is 0 Å². The molecule has 2 heteroatoms. The Hall–Kier alpha value is -1.62. The first-order chi connectivity index (χ1) is 6.31. The van der Waals surface area contributed by atoms with E-state index in [4.69, 9.17) is 5.26 Å². The lowest BCUT2D eigenvalue weighted by molar-refractivity contribution is 0.105. The molecular formula is C11H9NO. The van der Waals surface area contributed by atoms with E-state index in [0.29, 0.717) is 5.56 Å². The van der Waals surface area contributed by atoms with Gasteiger partial charge in [0.25, 0.3) is 5.78 Å². The van der Waals surface area contributed by atoms with Gasteiger partial charge in [0.2, 0.25) is 0 Å². The van der Waals surface area contributed by atoms with Crippen molar-refractivity contribution < 1.29 is 4.79 Å². The number of aryl methyl sites for hydroxylation is 2. The molecule has 0 fully saturated rings.